The van der Waals surface area contributed by atoms with Crippen LogP contribution in [0.4, 0.5) is 0 Å². The van der Waals surface area contributed by atoms with E-state index in [2.05, 4.69) is 114 Å². The van der Waals surface area contributed by atoms with E-state index in [-0.39, 0.29) is 16.2 Å². The Hall–Kier alpha value is -2.19. The number of hydrogen-bond acceptors (Lipinski definition) is 4. The van der Waals surface area contributed by atoms with E-state index in [9.17, 15) is 0 Å². The number of benzene rings is 2. The molecule has 5 nitrogen and oxygen atoms in total. The summed E-state index contributed by atoms with van der Waals surface area (Å²) in [4.78, 5) is 0. The highest BCUT2D eigenvalue weighted by molar-refractivity contribution is 6.99. The SMILES string of the molecule is CC1(C)OB(c2cnn(CCO[Si](c3ccccc3)(c3ccccc3)C(C)(C)C)c2)OC1(C)C. The van der Waals surface area contributed by atoms with Crippen LogP contribution in [-0.4, -0.2) is 43.0 Å². The van der Waals surface area contributed by atoms with Gasteiger partial charge in [0, 0.05) is 17.9 Å². The van der Waals surface area contributed by atoms with Crippen molar-refractivity contribution in [1.82, 2.24) is 9.78 Å². The van der Waals surface area contributed by atoms with Gasteiger partial charge in [-0.2, -0.15) is 5.10 Å². The second-order valence-corrected chi connectivity index (χ2v) is 15.4. The van der Waals surface area contributed by atoms with E-state index >= 15 is 0 Å². The summed E-state index contributed by atoms with van der Waals surface area (Å²) < 4.78 is 21.3. The summed E-state index contributed by atoms with van der Waals surface area (Å²) in [6.45, 7) is 16.4. The van der Waals surface area contributed by atoms with Gasteiger partial charge >= 0.3 is 7.12 Å². The third kappa shape index (κ3) is 4.54. The Morgan fingerprint density at radius 3 is 1.85 bits per heavy atom. The van der Waals surface area contributed by atoms with Gasteiger partial charge in [0.15, 0.2) is 0 Å². The molecular formula is C27H37BN2O3Si. The van der Waals surface area contributed by atoms with Crippen LogP contribution in [0, 0.1) is 0 Å². The lowest BCUT2D eigenvalue weighted by Gasteiger charge is -2.43. The third-order valence-electron chi connectivity index (χ3n) is 7.23. The minimum absolute atomic E-state index is 0.0479. The maximum absolute atomic E-state index is 6.99. The van der Waals surface area contributed by atoms with E-state index in [1.54, 1.807) is 0 Å². The molecule has 7 heteroatoms. The largest absolute Gasteiger partial charge is 0.498 e. The first kappa shape index (κ1) is 24.9. The zero-order valence-corrected chi connectivity index (χ0v) is 22.5. The summed E-state index contributed by atoms with van der Waals surface area (Å²) in [6.07, 6.45) is 3.85. The molecule has 0 aliphatic carbocycles. The molecule has 1 fully saturated rings. The van der Waals surface area contributed by atoms with Crippen LogP contribution < -0.4 is 15.8 Å². The molecule has 0 spiro atoms. The fourth-order valence-corrected chi connectivity index (χ4v) is 9.21. The van der Waals surface area contributed by atoms with Crippen molar-refractivity contribution in [3.63, 3.8) is 0 Å². The Balaban J connectivity index is 1.55. The van der Waals surface area contributed by atoms with Gasteiger partial charge in [-0.25, -0.2) is 0 Å². The molecule has 0 unspecified atom stereocenters. The molecule has 1 aliphatic heterocycles. The zero-order chi connectivity index (χ0) is 24.6. The number of nitrogens with zero attached hydrogens (tertiary/aromatic N) is 2. The predicted octanol–water partition coefficient (Wildman–Crippen LogP) is 3.76. The highest BCUT2D eigenvalue weighted by Gasteiger charge is 2.52. The summed E-state index contributed by atoms with van der Waals surface area (Å²) >= 11 is 0. The van der Waals surface area contributed by atoms with Crippen LogP contribution in [0.1, 0.15) is 48.5 Å². The Morgan fingerprint density at radius 1 is 0.882 bits per heavy atom. The van der Waals surface area contributed by atoms with E-state index in [1.807, 2.05) is 17.1 Å². The third-order valence-corrected chi connectivity index (χ3v) is 12.3. The lowest BCUT2D eigenvalue weighted by atomic mass is 9.82. The van der Waals surface area contributed by atoms with Crippen LogP contribution in [-0.2, 0) is 20.3 Å². The molecule has 0 atom stereocenters. The molecule has 34 heavy (non-hydrogen) atoms. The first-order valence-electron chi connectivity index (χ1n) is 12.1. The molecule has 2 aromatic carbocycles. The van der Waals surface area contributed by atoms with Gasteiger partial charge in [0.25, 0.3) is 8.32 Å². The molecule has 2 heterocycles. The van der Waals surface area contributed by atoms with Crippen molar-refractivity contribution in [2.24, 2.45) is 0 Å². The van der Waals surface area contributed by atoms with Crippen LogP contribution in [0.3, 0.4) is 0 Å². The van der Waals surface area contributed by atoms with E-state index < -0.39 is 15.4 Å². The summed E-state index contributed by atoms with van der Waals surface area (Å²) in [7, 11) is -2.96. The quantitative estimate of drug-likeness (QED) is 0.488. The maximum Gasteiger partial charge on any atom is 0.498 e. The number of hydrogen-bond donors (Lipinski definition) is 0. The van der Waals surface area contributed by atoms with Gasteiger partial charge in [-0.15, -0.1) is 0 Å². The van der Waals surface area contributed by atoms with E-state index in [0.717, 1.165) is 5.46 Å². The van der Waals surface area contributed by atoms with Gasteiger partial charge in [-0.3, -0.25) is 4.68 Å². The number of aromatic nitrogens is 2. The van der Waals surface area contributed by atoms with Crippen molar-refractivity contribution in [3.05, 3.63) is 73.1 Å². The zero-order valence-electron chi connectivity index (χ0n) is 21.5. The van der Waals surface area contributed by atoms with Crippen LogP contribution in [0.5, 0.6) is 0 Å². The van der Waals surface area contributed by atoms with E-state index in [1.165, 1.54) is 10.4 Å². The van der Waals surface area contributed by atoms with Gasteiger partial charge in [0.1, 0.15) is 0 Å². The lowest BCUT2D eigenvalue weighted by molar-refractivity contribution is 0.00578. The summed E-state index contributed by atoms with van der Waals surface area (Å²) in [5.74, 6) is 0. The minimum Gasteiger partial charge on any atom is -0.406 e. The maximum atomic E-state index is 6.99. The summed E-state index contributed by atoms with van der Waals surface area (Å²) in [6, 6.07) is 21.4. The normalized spacial score (nSPS) is 17.8. The van der Waals surface area contributed by atoms with Crippen molar-refractivity contribution in [2.45, 2.75) is 71.3 Å². The molecule has 1 aromatic heterocycles. The van der Waals surface area contributed by atoms with Crippen molar-refractivity contribution in [1.29, 1.82) is 0 Å². The van der Waals surface area contributed by atoms with Gasteiger partial charge in [-0.05, 0) is 43.1 Å². The highest BCUT2D eigenvalue weighted by Crippen LogP contribution is 2.37. The van der Waals surface area contributed by atoms with E-state index in [4.69, 9.17) is 13.7 Å². The Kier molecular flexibility index (Phi) is 6.68. The number of rotatable bonds is 7. The molecule has 3 aromatic rings. The first-order valence-corrected chi connectivity index (χ1v) is 14.0. The van der Waals surface area contributed by atoms with Crippen molar-refractivity contribution in [3.8, 4) is 0 Å². The molecular weight excluding hydrogens is 439 g/mol. The molecule has 0 amide bonds. The second kappa shape index (κ2) is 9.11. The predicted molar refractivity (Wildman–Crippen MR) is 142 cm³/mol. The molecule has 0 saturated carbocycles. The molecule has 1 aliphatic rings. The summed E-state index contributed by atoms with van der Waals surface area (Å²) in [5, 5.41) is 7.10. The molecule has 0 bridgehead atoms. The average Bonchev–Trinajstić information content (AvgIpc) is 3.33. The van der Waals surface area contributed by atoms with Crippen LogP contribution >= 0.6 is 0 Å². The smallest absolute Gasteiger partial charge is 0.406 e. The fourth-order valence-electron chi connectivity index (χ4n) is 4.66. The first-order chi connectivity index (χ1) is 16.0. The molecule has 0 N–H and O–H groups in total. The van der Waals surface area contributed by atoms with E-state index in [0.29, 0.717) is 13.2 Å². The standard InChI is InChI=1S/C27H37BN2O3Si/c1-25(2,3)34(23-14-10-8-11-15-23,24-16-12-9-13-17-24)31-19-18-30-21-22(20-29-30)28-32-26(4,5)27(6,7)33-28/h8-17,20-21H,18-19H2,1-7H3. The second-order valence-electron chi connectivity index (χ2n) is 11.1. The van der Waals surface area contributed by atoms with Gasteiger partial charge in [0.2, 0.25) is 0 Å². The molecule has 4 rings (SSSR count). The van der Waals surface area contributed by atoms with Gasteiger partial charge in [0.05, 0.1) is 24.4 Å². The highest BCUT2D eigenvalue weighted by atomic mass is 28.4. The lowest BCUT2D eigenvalue weighted by Crippen LogP contribution is -2.66. The Morgan fingerprint density at radius 2 is 1.38 bits per heavy atom. The van der Waals surface area contributed by atoms with Gasteiger partial charge in [-0.1, -0.05) is 81.4 Å². The summed E-state index contributed by atoms with van der Waals surface area (Å²) in [5.41, 5.74) is 0.197. The Bertz CT molecular complexity index is 1040. The van der Waals surface area contributed by atoms with Crippen molar-refractivity contribution < 1.29 is 13.7 Å². The molecule has 1 saturated heterocycles. The molecule has 0 radical (unpaired) electrons. The van der Waals surface area contributed by atoms with Crippen molar-refractivity contribution >= 4 is 31.3 Å². The molecule has 180 valence electrons. The van der Waals surface area contributed by atoms with Crippen LogP contribution in [0.15, 0.2) is 73.1 Å². The monoisotopic (exact) mass is 476 g/mol. The average molecular weight is 477 g/mol. The topological polar surface area (TPSA) is 45.5 Å². The van der Waals surface area contributed by atoms with Crippen LogP contribution in [0.2, 0.25) is 5.04 Å². The van der Waals surface area contributed by atoms with Crippen LogP contribution in [0.25, 0.3) is 0 Å². The minimum atomic E-state index is -2.55. The van der Waals surface area contributed by atoms with Gasteiger partial charge < -0.3 is 13.7 Å². The Labute approximate surface area is 205 Å². The fraction of sp³-hybridized carbons (Fsp3) is 0.444. The van der Waals surface area contributed by atoms with Crippen molar-refractivity contribution in [2.75, 3.05) is 6.61 Å².